The van der Waals surface area contributed by atoms with Gasteiger partial charge in [0.2, 0.25) is 5.91 Å². The second-order valence-electron chi connectivity index (χ2n) is 6.26. The summed E-state index contributed by atoms with van der Waals surface area (Å²) < 4.78 is 0. The summed E-state index contributed by atoms with van der Waals surface area (Å²) in [4.78, 5) is 18.4. The fraction of sp³-hybridized carbons (Fsp3) is 0.562. The van der Waals surface area contributed by atoms with Crippen molar-refractivity contribution in [1.29, 1.82) is 0 Å². The van der Waals surface area contributed by atoms with Crippen LogP contribution in [0.4, 0.5) is 11.4 Å². The maximum atomic E-state index is 12.0. The van der Waals surface area contributed by atoms with Crippen LogP contribution in [0.5, 0.6) is 0 Å². The van der Waals surface area contributed by atoms with Crippen molar-refractivity contribution < 1.29 is 4.79 Å². The first kappa shape index (κ1) is 14.4. The van der Waals surface area contributed by atoms with Crippen LogP contribution in [0.15, 0.2) is 18.2 Å². The molecule has 2 N–H and O–H groups in total. The number of rotatable bonds is 2. The molecule has 1 aromatic carbocycles. The Morgan fingerprint density at radius 1 is 1.24 bits per heavy atom. The average molecular weight is 288 g/mol. The van der Waals surface area contributed by atoms with Crippen LogP contribution in [0, 0.1) is 0 Å². The third kappa shape index (κ3) is 2.40. The summed E-state index contributed by atoms with van der Waals surface area (Å²) in [7, 11) is 6.12. The molecule has 0 aliphatic carbocycles. The van der Waals surface area contributed by atoms with Gasteiger partial charge in [0.25, 0.3) is 0 Å². The molecule has 1 saturated heterocycles. The van der Waals surface area contributed by atoms with Crippen LogP contribution >= 0.6 is 0 Å². The van der Waals surface area contributed by atoms with E-state index in [9.17, 15) is 4.79 Å². The van der Waals surface area contributed by atoms with Gasteiger partial charge < -0.3 is 20.4 Å². The van der Waals surface area contributed by atoms with Crippen LogP contribution in [-0.2, 0) is 4.79 Å². The second-order valence-corrected chi connectivity index (χ2v) is 6.26. The van der Waals surface area contributed by atoms with E-state index in [1.54, 1.807) is 11.9 Å². The number of nitrogens with zero attached hydrogens (tertiary/aromatic N) is 3. The molecule has 2 aliphatic heterocycles. The smallest absolute Gasteiger partial charge is 0.248 e. The predicted octanol–water partition coefficient (Wildman–Crippen LogP) is 1.19. The summed E-state index contributed by atoms with van der Waals surface area (Å²) in [5, 5.41) is 0. The predicted molar refractivity (Wildman–Crippen MR) is 85.7 cm³/mol. The monoisotopic (exact) mass is 288 g/mol. The SMILES string of the molecule is CN1CCC(N(C)c2ccc3c(c2)N(C)C(=O)C3N)CC1. The number of fused-ring (bicyclic) bond motifs is 1. The molecular formula is C16H24N4O. The fourth-order valence-corrected chi connectivity index (χ4v) is 3.36. The molecule has 1 atom stereocenters. The van der Waals surface area contributed by atoms with Gasteiger partial charge >= 0.3 is 0 Å². The van der Waals surface area contributed by atoms with Gasteiger partial charge in [-0.1, -0.05) is 6.07 Å². The normalized spacial score (nSPS) is 23.5. The summed E-state index contributed by atoms with van der Waals surface area (Å²) in [5.74, 6) is -0.0240. The maximum Gasteiger partial charge on any atom is 0.248 e. The molecule has 0 bridgehead atoms. The molecule has 5 nitrogen and oxygen atoms in total. The van der Waals surface area contributed by atoms with E-state index in [4.69, 9.17) is 5.73 Å². The Kier molecular flexibility index (Phi) is 3.63. The molecule has 3 rings (SSSR count). The van der Waals surface area contributed by atoms with Crippen LogP contribution in [0.2, 0.25) is 0 Å². The topological polar surface area (TPSA) is 52.8 Å². The highest BCUT2D eigenvalue weighted by Gasteiger charge is 2.33. The number of likely N-dealkylation sites (N-methyl/N-ethyl adjacent to an activating group) is 1. The van der Waals surface area contributed by atoms with Crippen LogP contribution in [-0.4, -0.2) is 51.1 Å². The Morgan fingerprint density at radius 2 is 1.90 bits per heavy atom. The lowest BCUT2D eigenvalue weighted by molar-refractivity contribution is -0.118. The zero-order valence-corrected chi connectivity index (χ0v) is 13.0. The zero-order chi connectivity index (χ0) is 15.1. The minimum Gasteiger partial charge on any atom is -0.371 e. The highest BCUT2D eigenvalue weighted by atomic mass is 16.2. The van der Waals surface area contributed by atoms with E-state index in [0.717, 1.165) is 30.0 Å². The molecule has 0 aromatic heterocycles. The Morgan fingerprint density at radius 3 is 2.57 bits per heavy atom. The molecule has 21 heavy (non-hydrogen) atoms. The van der Waals surface area contributed by atoms with Crippen molar-refractivity contribution in [2.24, 2.45) is 5.73 Å². The van der Waals surface area contributed by atoms with Crippen LogP contribution in [0.25, 0.3) is 0 Å². The molecule has 0 saturated carbocycles. The first-order valence-corrected chi connectivity index (χ1v) is 7.57. The number of hydrogen-bond acceptors (Lipinski definition) is 4. The largest absolute Gasteiger partial charge is 0.371 e. The van der Waals surface area contributed by atoms with Crippen molar-refractivity contribution in [2.75, 3.05) is 44.0 Å². The summed E-state index contributed by atoms with van der Waals surface area (Å²) >= 11 is 0. The number of carbonyl (C=O) groups is 1. The third-order valence-electron chi connectivity index (χ3n) is 4.95. The van der Waals surface area contributed by atoms with E-state index in [0.29, 0.717) is 6.04 Å². The third-order valence-corrected chi connectivity index (χ3v) is 4.95. The summed E-state index contributed by atoms with van der Waals surface area (Å²) in [6, 6.07) is 6.24. The first-order valence-electron chi connectivity index (χ1n) is 7.57. The van der Waals surface area contributed by atoms with Crippen LogP contribution in [0.1, 0.15) is 24.4 Å². The lowest BCUT2D eigenvalue weighted by Gasteiger charge is -2.36. The van der Waals surface area contributed by atoms with E-state index in [1.165, 1.54) is 12.8 Å². The van der Waals surface area contributed by atoms with Crippen molar-refractivity contribution in [3.05, 3.63) is 23.8 Å². The van der Waals surface area contributed by atoms with Gasteiger partial charge in [-0.25, -0.2) is 0 Å². The average Bonchev–Trinajstić information content (AvgIpc) is 2.72. The van der Waals surface area contributed by atoms with Gasteiger partial charge in [0.05, 0.1) is 5.69 Å². The number of likely N-dealkylation sites (tertiary alicyclic amines) is 1. The molecular weight excluding hydrogens is 264 g/mol. The lowest BCUT2D eigenvalue weighted by atomic mass is 10.0. The molecule has 2 heterocycles. The number of amides is 1. The van der Waals surface area contributed by atoms with Gasteiger partial charge in [-0.05, 0) is 45.1 Å². The van der Waals surface area contributed by atoms with Gasteiger partial charge in [-0.3, -0.25) is 4.79 Å². The molecule has 1 aromatic rings. The number of hydrogen-bond donors (Lipinski definition) is 1. The van der Waals surface area contributed by atoms with Gasteiger partial charge in [-0.2, -0.15) is 0 Å². The lowest BCUT2D eigenvalue weighted by Crippen LogP contribution is -2.42. The van der Waals surface area contributed by atoms with Crippen molar-refractivity contribution >= 4 is 17.3 Å². The molecule has 0 radical (unpaired) electrons. The molecule has 1 unspecified atom stereocenters. The molecule has 1 amide bonds. The van der Waals surface area contributed by atoms with E-state index in [-0.39, 0.29) is 5.91 Å². The van der Waals surface area contributed by atoms with Gasteiger partial charge in [0.15, 0.2) is 0 Å². The minimum absolute atomic E-state index is 0.0240. The highest BCUT2D eigenvalue weighted by Crippen LogP contribution is 2.36. The van der Waals surface area contributed by atoms with Crippen molar-refractivity contribution in [3.63, 3.8) is 0 Å². The number of piperidine rings is 1. The summed E-state index contributed by atoms with van der Waals surface area (Å²) in [6.45, 7) is 2.28. The number of benzene rings is 1. The summed E-state index contributed by atoms with van der Waals surface area (Å²) in [5.41, 5.74) is 9.00. The van der Waals surface area contributed by atoms with Gasteiger partial charge in [0.1, 0.15) is 6.04 Å². The second kappa shape index (κ2) is 5.31. The first-order chi connectivity index (χ1) is 9.99. The molecule has 0 spiro atoms. The Labute approximate surface area is 126 Å². The Balaban J connectivity index is 1.83. The highest BCUT2D eigenvalue weighted by molar-refractivity contribution is 6.04. The van der Waals surface area contributed by atoms with E-state index < -0.39 is 6.04 Å². The zero-order valence-electron chi connectivity index (χ0n) is 13.0. The Hall–Kier alpha value is -1.59. The number of nitrogens with two attached hydrogens (primary N) is 1. The van der Waals surface area contributed by atoms with Gasteiger partial charge in [0, 0.05) is 31.4 Å². The van der Waals surface area contributed by atoms with Crippen molar-refractivity contribution in [1.82, 2.24) is 4.90 Å². The van der Waals surface area contributed by atoms with E-state index >= 15 is 0 Å². The number of carbonyl (C=O) groups excluding carboxylic acids is 1. The Bertz CT molecular complexity index is 551. The van der Waals surface area contributed by atoms with Crippen molar-refractivity contribution in [3.8, 4) is 0 Å². The van der Waals surface area contributed by atoms with E-state index in [2.05, 4.69) is 36.0 Å². The minimum atomic E-state index is -0.507. The van der Waals surface area contributed by atoms with Gasteiger partial charge in [-0.15, -0.1) is 0 Å². The van der Waals surface area contributed by atoms with Crippen LogP contribution in [0.3, 0.4) is 0 Å². The molecule has 5 heteroatoms. The molecule has 2 aliphatic rings. The quantitative estimate of drug-likeness (QED) is 0.888. The summed E-state index contributed by atoms with van der Waals surface area (Å²) in [6.07, 6.45) is 2.36. The van der Waals surface area contributed by atoms with Crippen LogP contribution < -0.4 is 15.5 Å². The number of anilines is 2. The van der Waals surface area contributed by atoms with Crippen molar-refractivity contribution in [2.45, 2.75) is 24.9 Å². The fourth-order valence-electron chi connectivity index (χ4n) is 3.36. The van der Waals surface area contributed by atoms with E-state index in [1.807, 2.05) is 6.07 Å². The molecule has 114 valence electrons. The maximum absolute atomic E-state index is 12.0. The standard InChI is InChI=1S/C16H24N4O/c1-18-8-6-11(7-9-18)19(2)12-4-5-13-14(10-12)20(3)16(21)15(13)17/h4-5,10-11,15H,6-9,17H2,1-3H3. The molecule has 1 fully saturated rings.